The highest BCUT2D eigenvalue weighted by Gasteiger charge is 2.27. The third kappa shape index (κ3) is 4.76. The Kier molecular flexibility index (Phi) is 7.02. The molecule has 4 rings (SSSR count). The number of carbonyl (C=O) groups is 1. The molecule has 0 bridgehead atoms. The molecule has 1 saturated heterocycles. The Labute approximate surface area is 199 Å². The van der Waals surface area contributed by atoms with E-state index >= 15 is 0 Å². The lowest BCUT2D eigenvalue weighted by Crippen LogP contribution is -2.32. The summed E-state index contributed by atoms with van der Waals surface area (Å²) in [7, 11) is -1.92. The van der Waals surface area contributed by atoms with Crippen LogP contribution in [0.4, 0.5) is 5.69 Å². The summed E-state index contributed by atoms with van der Waals surface area (Å²) in [5, 5.41) is 0.849. The number of hydrogen-bond donors (Lipinski definition) is 0. The maximum atomic E-state index is 13.6. The molecule has 2 heterocycles. The molecule has 0 spiro atoms. The first-order chi connectivity index (χ1) is 15.8. The molecular weight excluding hydrogens is 456 g/mol. The zero-order valence-corrected chi connectivity index (χ0v) is 21.0. The summed E-state index contributed by atoms with van der Waals surface area (Å²) in [6.07, 6.45) is 2.13. The van der Waals surface area contributed by atoms with Crippen molar-refractivity contribution < 1.29 is 13.2 Å². The molecular formula is C24H30N4O3S2. The maximum Gasteiger partial charge on any atom is 0.256 e. The highest BCUT2D eigenvalue weighted by atomic mass is 32.2. The van der Waals surface area contributed by atoms with E-state index in [0.29, 0.717) is 25.2 Å². The molecule has 1 aliphatic heterocycles. The van der Waals surface area contributed by atoms with Gasteiger partial charge in [0, 0.05) is 38.9 Å². The van der Waals surface area contributed by atoms with E-state index in [0.717, 1.165) is 46.8 Å². The van der Waals surface area contributed by atoms with E-state index in [1.807, 2.05) is 38.1 Å². The summed E-state index contributed by atoms with van der Waals surface area (Å²) >= 11 is 1.57. The number of nitrogens with zero attached hydrogens (tertiary/aromatic N) is 4. The van der Waals surface area contributed by atoms with Crippen molar-refractivity contribution in [1.29, 1.82) is 0 Å². The number of sulfonamides is 1. The van der Waals surface area contributed by atoms with E-state index in [1.165, 1.54) is 4.31 Å². The Bertz CT molecular complexity index is 1210. The molecule has 0 N–H and O–H groups in total. The van der Waals surface area contributed by atoms with Gasteiger partial charge in [0.2, 0.25) is 10.0 Å². The number of fused-ring (bicyclic) bond motifs is 1. The Balaban J connectivity index is 1.68. The number of amides is 1. The van der Waals surface area contributed by atoms with Crippen molar-refractivity contribution in [3.63, 3.8) is 0 Å². The van der Waals surface area contributed by atoms with Crippen LogP contribution < -0.4 is 4.90 Å². The lowest BCUT2D eigenvalue weighted by molar-refractivity contribution is 0.0785. The summed E-state index contributed by atoms with van der Waals surface area (Å²) in [6.45, 7) is 6.49. The first-order valence-electron chi connectivity index (χ1n) is 11.3. The number of rotatable bonds is 8. The minimum absolute atomic E-state index is 0.158. The molecule has 1 aromatic heterocycles. The summed E-state index contributed by atoms with van der Waals surface area (Å²) in [5.41, 5.74) is 2.14. The van der Waals surface area contributed by atoms with Crippen molar-refractivity contribution >= 4 is 43.2 Å². The van der Waals surface area contributed by atoms with Crippen molar-refractivity contribution in [2.75, 3.05) is 38.1 Å². The van der Waals surface area contributed by atoms with E-state index in [2.05, 4.69) is 9.88 Å². The molecule has 0 unspecified atom stereocenters. The van der Waals surface area contributed by atoms with Crippen LogP contribution in [0, 0.1) is 0 Å². The monoisotopic (exact) mass is 486 g/mol. The average Bonchev–Trinajstić information content (AvgIpc) is 3.48. The zero-order valence-electron chi connectivity index (χ0n) is 19.3. The van der Waals surface area contributed by atoms with Gasteiger partial charge in [-0.25, -0.2) is 13.4 Å². The molecule has 0 atom stereocenters. The summed E-state index contributed by atoms with van der Waals surface area (Å²) in [5.74, 6) is -0.201. The maximum absolute atomic E-state index is 13.6. The minimum atomic E-state index is -3.67. The predicted molar refractivity (Wildman–Crippen MR) is 133 cm³/mol. The van der Waals surface area contributed by atoms with Crippen molar-refractivity contribution in [2.45, 2.75) is 38.1 Å². The van der Waals surface area contributed by atoms with Crippen LogP contribution in [0.1, 0.15) is 42.1 Å². The van der Waals surface area contributed by atoms with E-state index in [1.54, 1.807) is 41.5 Å². The number of para-hydroxylation sites is 1. The van der Waals surface area contributed by atoms with Crippen molar-refractivity contribution in [1.82, 2.24) is 14.2 Å². The van der Waals surface area contributed by atoms with Crippen LogP contribution in [0.5, 0.6) is 0 Å². The fourth-order valence-corrected chi connectivity index (χ4v) is 6.77. The van der Waals surface area contributed by atoms with Gasteiger partial charge in [0.25, 0.3) is 5.91 Å². The van der Waals surface area contributed by atoms with Crippen LogP contribution in [0.2, 0.25) is 0 Å². The van der Waals surface area contributed by atoms with Gasteiger partial charge in [0.05, 0.1) is 27.2 Å². The highest BCUT2D eigenvalue weighted by Crippen LogP contribution is 2.30. The molecule has 3 aromatic rings. The second-order valence-corrected chi connectivity index (χ2v) is 11.3. The van der Waals surface area contributed by atoms with E-state index in [-0.39, 0.29) is 10.8 Å². The van der Waals surface area contributed by atoms with Crippen LogP contribution >= 0.6 is 11.3 Å². The SMILES string of the molecule is CCN(CC)S(=O)(=O)c1ccc(N2CCCC2)c(C(=O)N(C)Cc2nc3ccccc3s2)c1. The number of benzene rings is 2. The van der Waals surface area contributed by atoms with Crippen molar-refractivity contribution in [3.8, 4) is 0 Å². The third-order valence-corrected chi connectivity index (χ3v) is 9.11. The van der Waals surface area contributed by atoms with Gasteiger partial charge in [-0.05, 0) is 43.2 Å². The highest BCUT2D eigenvalue weighted by molar-refractivity contribution is 7.89. The lowest BCUT2D eigenvalue weighted by Gasteiger charge is -2.25. The molecule has 7 nitrogen and oxygen atoms in total. The normalized spacial score (nSPS) is 14.4. The topological polar surface area (TPSA) is 73.8 Å². The van der Waals surface area contributed by atoms with Gasteiger partial charge in [-0.2, -0.15) is 4.31 Å². The first-order valence-corrected chi connectivity index (χ1v) is 13.6. The molecule has 9 heteroatoms. The van der Waals surface area contributed by atoms with Gasteiger partial charge >= 0.3 is 0 Å². The quantitative estimate of drug-likeness (QED) is 0.477. The molecule has 2 aromatic carbocycles. The molecule has 0 radical (unpaired) electrons. The molecule has 0 aliphatic carbocycles. The standard InChI is InChI=1S/C24H30N4O3S2/c1-4-28(5-2)33(30,31)18-12-13-21(27-14-8-9-15-27)19(16-18)24(29)26(3)17-23-25-20-10-6-7-11-22(20)32-23/h6-7,10-13,16H,4-5,8-9,14-15,17H2,1-3H3. The van der Waals surface area contributed by atoms with Gasteiger partial charge in [0.1, 0.15) is 5.01 Å². The smallest absolute Gasteiger partial charge is 0.256 e. The van der Waals surface area contributed by atoms with Crippen LogP contribution in [0.25, 0.3) is 10.2 Å². The van der Waals surface area contributed by atoms with E-state index in [9.17, 15) is 13.2 Å². The number of anilines is 1. The van der Waals surface area contributed by atoms with E-state index in [4.69, 9.17) is 0 Å². The Morgan fingerprint density at radius 1 is 1.09 bits per heavy atom. The van der Waals surface area contributed by atoms with Crippen LogP contribution in [0.3, 0.4) is 0 Å². The summed E-state index contributed by atoms with van der Waals surface area (Å²) < 4.78 is 28.8. The molecule has 1 fully saturated rings. The Morgan fingerprint density at radius 3 is 2.45 bits per heavy atom. The fourth-order valence-electron chi connectivity index (χ4n) is 4.26. The van der Waals surface area contributed by atoms with E-state index < -0.39 is 10.0 Å². The zero-order chi connectivity index (χ0) is 23.6. The summed E-state index contributed by atoms with van der Waals surface area (Å²) in [6, 6.07) is 12.9. The third-order valence-electron chi connectivity index (χ3n) is 6.05. The molecule has 33 heavy (non-hydrogen) atoms. The van der Waals surface area contributed by atoms with Crippen LogP contribution in [-0.2, 0) is 16.6 Å². The summed E-state index contributed by atoms with van der Waals surface area (Å²) in [4.78, 5) is 22.2. The molecule has 1 aliphatic rings. The average molecular weight is 487 g/mol. The number of thiazole rings is 1. The van der Waals surface area contributed by atoms with Crippen molar-refractivity contribution in [3.05, 3.63) is 53.0 Å². The molecule has 1 amide bonds. The minimum Gasteiger partial charge on any atom is -0.371 e. The Morgan fingerprint density at radius 2 is 1.79 bits per heavy atom. The number of aromatic nitrogens is 1. The van der Waals surface area contributed by atoms with Gasteiger partial charge in [-0.15, -0.1) is 11.3 Å². The predicted octanol–water partition coefficient (Wildman–Crippen LogP) is 4.20. The van der Waals surface area contributed by atoms with Crippen LogP contribution in [-0.4, -0.2) is 61.7 Å². The van der Waals surface area contributed by atoms with Crippen molar-refractivity contribution in [2.24, 2.45) is 0 Å². The Hall–Kier alpha value is -2.49. The number of carbonyl (C=O) groups excluding carboxylic acids is 1. The molecule has 176 valence electrons. The lowest BCUT2D eigenvalue weighted by atomic mass is 10.1. The number of hydrogen-bond acceptors (Lipinski definition) is 6. The van der Waals surface area contributed by atoms with Gasteiger partial charge in [0.15, 0.2) is 0 Å². The van der Waals surface area contributed by atoms with Gasteiger partial charge in [-0.1, -0.05) is 26.0 Å². The molecule has 0 saturated carbocycles. The second-order valence-electron chi connectivity index (χ2n) is 8.20. The van der Waals surface area contributed by atoms with Crippen LogP contribution in [0.15, 0.2) is 47.4 Å². The first kappa shape index (κ1) is 23.7. The second kappa shape index (κ2) is 9.79. The van der Waals surface area contributed by atoms with Gasteiger partial charge < -0.3 is 9.80 Å². The largest absolute Gasteiger partial charge is 0.371 e. The fraction of sp³-hybridized carbons (Fsp3) is 0.417. The van der Waals surface area contributed by atoms with Gasteiger partial charge in [-0.3, -0.25) is 4.79 Å².